The summed E-state index contributed by atoms with van der Waals surface area (Å²) in [5, 5.41) is 51.9. The summed E-state index contributed by atoms with van der Waals surface area (Å²) in [7, 11) is 0. The lowest BCUT2D eigenvalue weighted by molar-refractivity contribution is -0.106. The van der Waals surface area contributed by atoms with E-state index in [0.29, 0.717) is 6.54 Å². The molecule has 13 heteroatoms. The Bertz CT molecular complexity index is 448. The summed E-state index contributed by atoms with van der Waals surface area (Å²) in [5.41, 5.74) is 8.58. The zero-order valence-corrected chi connectivity index (χ0v) is 21.5. The largest absolute Gasteiger partial charge is 0.396 e. The highest BCUT2D eigenvalue weighted by Gasteiger charge is 2.33. The van der Waals surface area contributed by atoms with Crippen molar-refractivity contribution in [2.24, 2.45) is 23.3 Å². The molecule has 3 amide bonds. The maximum absolute atomic E-state index is 12.3. The lowest BCUT2D eigenvalue weighted by Crippen LogP contribution is -2.60. The molecule has 0 fully saturated rings. The van der Waals surface area contributed by atoms with Crippen LogP contribution >= 0.6 is 0 Å². The third kappa shape index (κ3) is 22.6. The van der Waals surface area contributed by atoms with Gasteiger partial charge in [-0.2, -0.15) is 0 Å². The fraction of sp³-hybridized carbons (Fsp3) is 0.909. The predicted octanol–water partition coefficient (Wildman–Crippen LogP) is -2.10. The van der Waals surface area contributed by atoms with Crippen molar-refractivity contribution in [3.63, 3.8) is 0 Å². The second-order valence-corrected chi connectivity index (χ2v) is 7.92. The van der Waals surface area contributed by atoms with Crippen LogP contribution in [0.3, 0.4) is 0 Å². The number of hydrogen-bond donors (Lipinski definition) is 9. The first-order valence-electron chi connectivity index (χ1n) is 11.9. The number of carbonyl (C=O) groups excluding carboxylic acids is 2. The molecule has 0 aliphatic heterocycles. The van der Waals surface area contributed by atoms with E-state index in [2.05, 4.69) is 16.4 Å². The average molecular weight is 515 g/mol. The number of rotatable bonds is 19. The van der Waals surface area contributed by atoms with E-state index in [0.717, 1.165) is 19.3 Å². The molecule has 0 aliphatic rings. The second-order valence-electron chi connectivity index (χ2n) is 7.92. The van der Waals surface area contributed by atoms with Crippen molar-refractivity contribution in [2.75, 3.05) is 66.0 Å². The van der Waals surface area contributed by atoms with E-state index in [9.17, 15) is 9.90 Å². The van der Waals surface area contributed by atoms with Crippen LogP contribution in [0.2, 0.25) is 0 Å². The highest BCUT2D eigenvalue weighted by Crippen LogP contribution is 2.10. The van der Waals surface area contributed by atoms with Crippen molar-refractivity contribution in [3.05, 3.63) is 0 Å². The van der Waals surface area contributed by atoms with Crippen LogP contribution in [0.1, 0.15) is 40.0 Å². The molecule has 13 nitrogen and oxygen atoms in total. The standard InChI is InChI=1S/C19H41N3O8.C2H6.CH3NO/c1-15(20)4-2-3-5-21-18(28)22-19(12-27,13-29-10-16(6-23)7-24)14-30-11-17(8-25)9-26;1-2;2-1-3/h15-17,23-27H,2-14,20H2,1H3,(H2,21,22,28);1-2H3;1H,(H2,2,3)/t15-;;/m0../s1. The number of hydrogen-bond acceptors (Lipinski definition) is 10. The van der Waals surface area contributed by atoms with E-state index < -0.39 is 30.0 Å². The smallest absolute Gasteiger partial charge is 0.315 e. The van der Waals surface area contributed by atoms with Gasteiger partial charge in [-0.1, -0.05) is 20.3 Å². The third-order valence-corrected chi connectivity index (χ3v) is 4.55. The first-order chi connectivity index (χ1) is 16.8. The van der Waals surface area contributed by atoms with Gasteiger partial charge in [-0.3, -0.25) is 4.79 Å². The van der Waals surface area contributed by atoms with Crippen LogP contribution in [0.25, 0.3) is 0 Å². The minimum atomic E-state index is -1.28. The van der Waals surface area contributed by atoms with Crippen molar-refractivity contribution < 1.29 is 44.6 Å². The highest BCUT2D eigenvalue weighted by molar-refractivity contribution is 5.74. The molecule has 0 spiro atoms. The Kier molecular flexibility index (Phi) is 29.3. The zero-order valence-electron chi connectivity index (χ0n) is 21.5. The monoisotopic (exact) mass is 514 g/mol. The Labute approximate surface area is 209 Å². The normalized spacial score (nSPS) is 11.7. The molecule has 0 aromatic carbocycles. The number of urea groups is 1. The summed E-state index contributed by atoms with van der Waals surface area (Å²) in [6.45, 7) is 4.65. The van der Waals surface area contributed by atoms with Gasteiger partial charge in [-0.15, -0.1) is 0 Å². The molecule has 0 rings (SSSR count). The van der Waals surface area contributed by atoms with Gasteiger partial charge in [0, 0.05) is 24.4 Å². The molecule has 0 radical (unpaired) electrons. The van der Waals surface area contributed by atoms with Crippen LogP contribution in [0.15, 0.2) is 0 Å². The number of aliphatic hydroxyl groups excluding tert-OH is 5. The SMILES string of the molecule is CC.C[C@H](N)CCCCNC(=O)NC(CO)(COCC(CO)CO)COCC(CO)CO.NC=O. The van der Waals surface area contributed by atoms with E-state index in [1.54, 1.807) is 0 Å². The molecule has 1 atom stereocenters. The molecule has 35 heavy (non-hydrogen) atoms. The summed E-state index contributed by atoms with van der Waals surface area (Å²) >= 11 is 0. The van der Waals surface area contributed by atoms with Crippen molar-refractivity contribution in [1.29, 1.82) is 0 Å². The number of nitrogens with two attached hydrogens (primary N) is 2. The Morgan fingerprint density at radius 1 is 0.943 bits per heavy atom. The van der Waals surface area contributed by atoms with Crippen LogP contribution in [-0.4, -0.2) is 116 Å². The van der Waals surface area contributed by atoms with Crippen molar-refractivity contribution in [1.82, 2.24) is 10.6 Å². The van der Waals surface area contributed by atoms with Crippen LogP contribution in [0.5, 0.6) is 0 Å². The van der Waals surface area contributed by atoms with Gasteiger partial charge in [0.25, 0.3) is 0 Å². The average Bonchev–Trinajstić information content (AvgIpc) is 2.85. The molecule has 0 aliphatic carbocycles. The van der Waals surface area contributed by atoms with E-state index in [1.807, 2.05) is 20.8 Å². The Morgan fingerprint density at radius 2 is 1.37 bits per heavy atom. The molecule has 0 aromatic rings. The molecule has 0 saturated carbocycles. The summed E-state index contributed by atoms with van der Waals surface area (Å²) in [4.78, 5) is 20.9. The predicted molar refractivity (Wildman–Crippen MR) is 132 cm³/mol. The number of amides is 3. The van der Waals surface area contributed by atoms with Crippen LogP contribution < -0.4 is 22.1 Å². The van der Waals surface area contributed by atoms with Gasteiger partial charge in [0.2, 0.25) is 6.41 Å². The maximum atomic E-state index is 12.3. The highest BCUT2D eigenvalue weighted by atomic mass is 16.5. The minimum absolute atomic E-state index is 0.0330. The molecular weight excluding hydrogens is 464 g/mol. The van der Waals surface area contributed by atoms with Crippen molar-refractivity contribution in [2.45, 2.75) is 51.6 Å². The fourth-order valence-corrected chi connectivity index (χ4v) is 2.49. The molecule has 11 N–H and O–H groups in total. The van der Waals surface area contributed by atoms with E-state index in [4.69, 9.17) is 40.4 Å². The van der Waals surface area contributed by atoms with Gasteiger partial charge in [0.05, 0.1) is 59.5 Å². The molecule has 0 unspecified atom stereocenters. The number of nitrogens with one attached hydrogen (secondary N) is 2. The van der Waals surface area contributed by atoms with Gasteiger partial charge < -0.3 is 57.1 Å². The zero-order chi connectivity index (χ0) is 27.5. The number of carbonyl (C=O) groups is 2. The lowest BCUT2D eigenvalue weighted by Gasteiger charge is -2.33. The van der Waals surface area contributed by atoms with Gasteiger partial charge in [-0.25, -0.2) is 4.79 Å². The summed E-state index contributed by atoms with van der Waals surface area (Å²) < 4.78 is 11.0. The Balaban J connectivity index is -0.00000189. The molecule has 0 saturated heterocycles. The first-order valence-corrected chi connectivity index (χ1v) is 11.9. The number of unbranched alkanes of at least 4 members (excludes halogenated alkanes) is 1. The first kappa shape index (κ1) is 38.0. The third-order valence-electron chi connectivity index (χ3n) is 4.55. The molecule has 0 aromatic heterocycles. The lowest BCUT2D eigenvalue weighted by atomic mass is 10.0. The van der Waals surface area contributed by atoms with Crippen LogP contribution in [0, 0.1) is 11.8 Å². The van der Waals surface area contributed by atoms with E-state index in [1.165, 1.54) is 0 Å². The Hall–Kier alpha value is -1.58. The summed E-state index contributed by atoms with van der Waals surface area (Å²) in [6.07, 6.45) is 2.75. The van der Waals surface area contributed by atoms with Crippen LogP contribution in [-0.2, 0) is 14.3 Å². The van der Waals surface area contributed by atoms with E-state index >= 15 is 0 Å². The maximum Gasteiger partial charge on any atom is 0.315 e. The minimum Gasteiger partial charge on any atom is -0.396 e. The quantitative estimate of drug-likeness (QED) is 0.0673. The molecule has 0 bridgehead atoms. The number of primary amides is 1. The number of ether oxygens (including phenoxy) is 2. The Morgan fingerprint density at radius 3 is 1.71 bits per heavy atom. The molecule has 212 valence electrons. The summed E-state index contributed by atoms with van der Waals surface area (Å²) in [6, 6.07) is -0.391. The van der Waals surface area contributed by atoms with Gasteiger partial charge >= 0.3 is 6.03 Å². The van der Waals surface area contributed by atoms with Gasteiger partial charge in [0.1, 0.15) is 5.54 Å². The van der Waals surface area contributed by atoms with Gasteiger partial charge in [0.15, 0.2) is 0 Å². The van der Waals surface area contributed by atoms with Crippen molar-refractivity contribution in [3.8, 4) is 0 Å². The van der Waals surface area contributed by atoms with Crippen LogP contribution in [0.4, 0.5) is 4.79 Å². The van der Waals surface area contributed by atoms with Crippen molar-refractivity contribution >= 4 is 12.4 Å². The van der Waals surface area contributed by atoms with E-state index in [-0.39, 0.29) is 65.3 Å². The second kappa shape index (κ2) is 27.0. The molecular formula is C22H50N4O9. The summed E-state index contributed by atoms with van der Waals surface area (Å²) in [5.74, 6) is -0.955. The molecule has 0 heterocycles. The fourth-order valence-electron chi connectivity index (χ4n) is 2.49. The topological polar surface area (TPSA) is 230 Å². The number of aliphatic hydroxyl groups is 5. The van der Waals surface area contributed by atoms with Gasteiger partial charge in [-0.05, 0) is 19.8 Å².